The first-order valence-corrected chi connectivity index (χ1v) is 15.2. The number of imide groups is 1. The molecule has 2 saturated heterocycles. The van der Waals surface area contributed by atoms with Gasteiger partial charge in [0.25, 0.3) is 0 Å². The molecule has 0 bridgehead atoms. The van der Waals surface area contributed by atoms with Crippen molar-refractivity contribution in [2.24, 2.45) is 5.92 Å². The zero-order valence-corrected chi connectivity index (χ0v) is 24.8. The predicted molar refractivity (Wildman–Crippen MR) is 156 cm³/mol. The molecule has 9 nitrogen and oxygen atoms in total. The van der Waals surface area contributed by atoms with E-state index in [0.29, 0.717) is 46.7 Å². The van der Waals surface area contributed by atoms with E-state index in [1.54, 1.807) is 17.0 Å². The third-order valence-electron chi connectivity index (χ3n) is 7.93. The summed E-state index contributed by atoms with van der Waals surface area (Å²) in [6.07, 6.45) is -4.79. The van der Waals surface area contributed by atoms with Crippen molar-refractivity contribution in [3.05, 3.63) is 74.2 Å². The van der Waals surface area contributed by atoms with E-state index in [0.717, 1.165) is 40.9 Å². The SMILES string of the molecule is CN(C)c1ccc([C@H]2c3sc(=O)n(CC(=O)N4CCOCC4)c3SC3C(=O)N(c4ccccc4C(F)(F)F)C(=O)C32)cc1. The number of hydrogen-bond acceptors (Lipinski definition) is 8. The Kier molecular flexibility index (Phi) is 7.63. The van der Waals surface area contributed by atoms with Crippen LogP contribution in [0.15, 0.2) is 58.4 Å². The molecule has 3 amide bonds. The molecule has 2 aromatic carbocycles. The van der Waals surface area contributed by atoms with Crippen molar-refractivity contribution in [2.45, 2.75) is 28.9 Å². The Hall–Kier alpha value is -3.62. The summed E-state index contributed by atoms with van der Waals surface area (Å²) in [5, 5.41) is -0.717. The third-order valence-corrected chi connectivity index (χ3v) is 10.5. The second-order valence-electron chi connectivity index (χ2n) is 10.7. The average Bonchev–Trinajstić information content (AvgIpc) is 3.43. The molecule has 0 spiro atoms. The molecule has 2 fully saturated rings. The first-order chi connectivity index (χ1) is 20.5. The van der Waals surface area contributed by atoms with Crippen molar-refractivity contribution in [3.8, 4) is 0 Å². The summed E-state index contributed by atoms with van der Waals surface area (Å²) < 4.78 is 48.6. The quantitative estimate of drug-likeness (QED) is 0.397. The number of fused-ring (bicyclic) bond motifs is 2. The summed E-state index contributed by atoms with van der Waals surface area (Å²) in [6.45, 7) is 1.29. The molecule has 0 radical (unpaired) electrons. The highest BCUT2D eigenvalue weighted by Crippen LogP contribution is 2.54. The zero-order valence-electron chi connectivity index (χ0n) is 23.2. The van der Waals surface area contributed by atoms with E-state index >= 15 is 0 Å². The van der Waals surface area contributed by atoms with Gasteiger partial charge < -0.3 is 14.5 Å². The first kappa shape index (κ1) is 29.5. The summed E-state index contributed by atoms with van der Waals surface area (Å²) in [4.78, 5) is 58.6. The van der Waals surface area contributed by atoms with Crippen molar-refractivity contribution >= 4 is 52.2 Å². The number of amides is 3. The van der Waals surface area contributed by atoms with Gasteiger partial charge in [-0.25, -0.2) is 4.90 Å². The molecule has 0 aliphatic carbocycles. The molecule has 1 aromatic heterocycles. The Bertz CT molecular complexity index is 1650. The Morgan fingerprint density at radius 2 is 1.67 bits per heavy atom. The van der Waals surface area contributed by atoms with Gasteiger partial charge in [-0.1, -0.05) is 47.4 Å². The Labute approximate surface area is 252 Å². The van der Waals surface area contributed by atoms with Gasteiger partial charge in [0, 0.05) is 43.7 Å². The Balaban J connectivity index is 1.46. The molecule has 3 aliphatic rings. The normalized spacial score (nSPS) is 22.0. The maximum absolute atomic E-state index is 14.0. The molecule has 3 aromatic rings. The molecule has 2 unspecified atom stereocenters. The Morgan fingerprint density at radius 1 is 1.00 bits per heavy atom. The molecule has 3 atom stereocenters. The standard InChI is InChI=1S/C29H27F3N4O5S2/c1-33(2)17-9-7-16(8-10-17)21-22-23(26(39)36(25(22)38)19-6-4-3-5-18(19)29(30,31)32)42-27-24(21)43-28(40)35(27)15-20(37)34-11-13-41-14-12-34/h3-10,21-23H,11-15H2,1-2H3/t21-,22?,23?/m1/s1. The van der Waals surface area contributed by atoms with Gasteiger partial charge in [0.05, 0.1) is 35.4 Å². The lowest BCUT2D eigenvalue weighted by atomic mass is 9.83. The van der Waals surface area contributed by atoms with Gasteiger partial charge in [-0.3, -0.25) is 23.7 Å². The number of rotatable bonds is 5. The lowest BCUT2D eigenvalue weighted by Crippen LogP contribution is -2.43. The second-order valence-corrected chi connectivity index (χ2v) is 12.8. The van der Waals surface area contributed by atoms with Gasteiger partial charge in [-0.15, -0.1) is 0 Å². The van der Waals surface area contributed by atoms with Crippen LogP contribution < -0.4 is 14.7 Å². The van der Waals surface area contributed by atoms with Gasteiger partial charge in [0.2, 0.25) is 17.7 Å². The van der Waals surface area contributed by atoms with Crippen LogP contribution in [0.4, 0.5) is 24.5 Å². The third kappa shape index (κ3) is 5.14. The van der Waals surface area contributed by atoms with Gasteiger partial charge >= 0.3 is 11.0 Å². The van der Waals surface area contributed by atoms with Crippen molar-refractivity contribution in [2.75, 3.05) is 50.2 Å². The predicted octanol–water partition coefficient (Wildman–Crippen LogP) is 3.65. The number of morpholine rings is 1. The van der Waals surface area contributed by atoms with E-state index in [-0.39, 0.29) is 12.5 Å². The molecular weight excluding hydrogens is 605 g/mol. The van der Waals surface area contributed by atoms with E-state index in [2.05, 4.69) is 0 Å². The number of carbonyl (C=O) groups is 3. The topological polar surface area (TPSA) is 92.2 Å². The number of para-hydroxylation sites is 1. The minimum atomic E-state index is -4.79. The van der Waals surface area contributed by atoms with Crippen LogP contribution in [0.2, 0.25) is 0 Å². The van der Waals surface area contributed by atoms with Crippen molar-refractivity contribution < 1.29 is 32.3 Å². The molecule has 43 heavy (non-hydrogen) atoms. The van der Waals surface area contributed by atoms with E-state index in [9.17, 15) is 32.3 Å². The van der Waals surface area contributed by atoms with E-state index in [1.807, 2.05) is 31.1 Å². The van der Waals surface area contributed by atoms with Gasteiger partial charge in [-0.2, -0.15) is 13.2 Å². The second kappa shape index (κ2) is 11.1. The number of aromatic nitrogens is 1. The fraction of sp³-hybridized carbons (Fsp3) is 0.379. The fourth-order valence-electron chi connectivity index (χ4n) is 5.79. The summed E-state index contributed by atoms with van der Waals surface area (Å²) in [5.41, 5.74) is -0.0933. The number of ether oxygens (including phenoxy) is 1. The molecule has 226 valence electrons. The zero-order chi connectivity index (χ0) is 30.6. The molecular formula is C29H27F3N4O5S2. The molecule has 0 N–H and O–H groups in total. The highest BCUT2D eigenvalue weighted by molar-refractivity contribution is 8.00. The molecule has 4 heterocycles. The van der Waals surface area contributed by atoms with E-state index in [1.165, 1.54) is 16.7 Å². The van der Waals surface area contributed by atoms with E-state index < -0.39 is 51.2 Å². The minimum absolute atomic E-state index is 0.260. The highest BCUT2D eigenvalue weighted by atomic mass is 32.2. The average molecular weight is 633 g/mol. The number of halogens is 3. The number of thiazole rings is 1. The fourth-order valence-corrected chi connectivity index (χ4v) is 8.56. The summed E-state index contributed by atoms with van der Waals surface area (Å²) in [7, 11) is 3.74. The van der Waals surface area contributed by atoms with Crippen LogP contribution in [-0.2, 0) is 31.8 Å². The van der Waals surface area contributed by atoms with Gasteiger partial charge in [0.15, 0.2) is 0 Å². The number of alkyl halides is 3. The molecule has 14 heteroatoms. The Morgan fingerprint density at radius 3 is 2.33 bits per heavy atom. The number of thioether (sulfide) groups is 1. The van der Waals surface area contributed by atoms with Crippen molar-refractivity contribution in [1.29, 1.82) is 0 Å². The first-order valence-electron chi connectivity index (χ1n) is 13.5. The summed E-state index contributed by atoms with van der Waals surface area (Å²) in [6, 6.07) is 11.8. The number of benzene rings is 2. The van der Waals surface area contributed by atoms with Gasteiger partial charge in [-0.05, 0) is 29.8 Å². The van der Waals surface area contributed by atoms with Crippen LogP contribution in [0.3, 0.4) is 0 Å². The maximum Gasteiger partial charge on any atom is 0.418 e. The number of anilines is 2. The van der Waals surface area contributed by atoms with Crippen LogP contribution in [0.1, 0.15) is 21.9 Å². The van der Waals surface area contributed by atoms with Crippen LogP contribution in [-0.4, -0.2) is 72.8 Å². The van der Waals surface area contributed by atoms with Crippen LogP contribution >= 0.6 is 23.1 Å². The van der Waals surface area contributed by atoms with E-state index in [4.69, 9.17) is 4.74 Å². The maximum atomic E-state index is 14.0. The molecule has 3 aliphatic heterocycles. The largest absolute Gasteiger partial charge is 0.418 e. The van der Waals surface area contributed by atoms with Crippen molar-refractivity contribution in [3.63, 3.8) is 0 Å². The van der Waals surface area contributed by atoms with Crippen LogP contribution in [0, 0.1) is 5.92 Å². The summed E-state index contributed by atoms with van der Waals surface area (Å²) >= 11 is 1.86. The monoisotopic (exact) mass is 632 g/mol. The summed E-state index contributed by atoms with van der Waals surface area (Å²) in [5.74, 6) is -3.67. The minimum Gasteiger partial charge on any atom is -0.378 e. The lowest BCUT2D eigenvalue weighted by Gasteiger charge is -2.31. The lowest BCUT2D eigenvalue weighted by molar-refractivity contribution is -0.137. The molecule has 6 rings (SSSR count). The van der Waals surface area contributed by atoms with Crippen molar-refractivity contribution in [1.82, 2.24) is 9.47 Å². The van der Waals surface area contributed by atoms with Crippen LogP contribution in [0.5, 0.6) is 0 Å². The highest BCUT2D eigenvalue weighted by Gasteiger charge is 2.57. The smallest absolute Gasteiger partial charge is 0.378 e. The number of hydrogen-bond donors (Lipinski definition) is 0. The number of carbonyl (C=O) groups excluding carboxylic acids is 3. The van der Waals surface area contributed by atoms with Gasteiger partial charge in [0.1, 0.15) is 11.8 Å². The molecule has 0 saturated carbocycles. The van der Waals surface area contributed by atoms with Crippen LogP contribution in [0.25, 0.3) is 0 Å². The number of nitrogens with zero attached hydrogens (tertiary/aromatic N) is 4.